The van der Waals surface area contributed by atoms with Gasteiger partial charge in [0.05, 0.1) is 0 Å². The molecule has 0 aliphatic carbocycles. The molecule has 4 N–H and O–H groups in total. The molecular weight excluding hydrogens is 479 g/mol. The molecule has 0 saturated carbocycles. The van der Waals surface area contributed by atoms with E-state index in [1.807, 2.05) is 31.2 Å². The van der Waals surface area contributed by atoms with Gasteiger partial charge >= 0.3 is 5.97 Å². The lowest BCUT2D eigenvalue weighted by Crippen LogP contribution is -2.42. The van der Waals surface area contributed by atoms with Crippen LogP contribution in [0.5, 0.6) is 0 Å². The van der Waals surface area contributed by atoms with Crippen LogP contribution in [-0.4, -0.2) is 33.0 Å². The maximum absolute atomic E-state index is 13.8. The fraction of sp³-hybridized carbons (Fsp3) is 0.222. The van der Waals surface area contributed by atoms with E-state index in [2.05, 4.69) is 32.0 Å². The number of amides is 1. The maximum Gasteiger partial charge on any atom is 0.326 e. The predicted molar refractivity (Wildman–Crippen MR) is 139 cm³/mol. The molecule has 4 aromatic rings. The largest absolute Gasteiger partial charge is 0.480 e. The van der Waals surface area contributed by atoms with Crippen molar-refractivity contribution in [2.45, 2.75) is 39.3 Å². The van der Waals surface area contributed by atoms with Crippen LogP contribution in [0.2, 0.25) is 0 Å². The van der Waals surface area contributed by atoms with E-state index >= 15 is 0 Å². The molecule has 0 saturated heterocycles. The van der Waals surface area contributed by atoms with Crippen molar-refractivity contribution in [3.8, 4) is 10.4 Å². The van der Waals surface area contributed by atoms with Crippen LogP contribution in [0.15, 0.2) is 60.2 Å². The molecule has 1 amide bonds. The zero-order valence-electron chi connectivity index (χ0n) is 20.0. The number of benzene rings is 2. The van der Waals surface area contributed by atoms with Crippen LogP contribution >= 0.6 is 11.3 Å². The number of carbonyl (C=O) groups is 2. The lowest BCUT2D eigenvalue weighted by molar-refractivity contribution is -0.139. The van der Waals surface area contributed by atoms with Crippen molar-refractivity contribution in [1.29, 1.82) is 0 Å². The van der Waals surface area contributed by atoms with Gasteiger partial charge in [-0.3, -0.25) is 4.79 Å². The van der Waals surface area contributed by atoms with Gasteiger partial charge in [-0.15, -0.1) is 11.3 Å². The fourth-order valence-electron chi connectivity index (χ4n) is 4.05. The first-order chi connectivity index (χ1) is 17.3. The number of halogens is 1. The van der Waals surface area contributed by atoms with Crippen LogP contribution in [0.1, 0.15) is 39.5 Å². The number of carboxylic acids is 1. The monoisotopic (exact) mass is 506 g/mol. The summed E-state index contributed by atoms with van der Waals surface area (Å²) in [7, 11) is 0. The molecule has 0 fully saturated rings. The van der Waals surface area contributed by atoms with Crippen molar-refractivity contribution >= 4 is 29.2 Å². The number of rotatable bonds is 10. The number of aryl methyl sites for hydroxylation is 2. The molecule has 0 aliphatic rings. The quantitative estimate of drug-likeness (QED) is 0.237. The molecule has 1 atom stereocenters. The molecule has 2 heterocycles. The van der Waals surface area contributed by atoms with Crippen molar-refractivity contribution in [2.75, 3.05) is 5.32 Å². The molecule has 1 unspecified atom stereocenters. The van der Waals surface area contributed by atoms with E-state index in [0.29, 0.717) is 35.6 Å². The van der Waals surface area contributed by atoms with Gasteiger partial charge in [0.2, 0.25) is 0 Å². The Hall–Kier alpha value is -3.98. The van der Waals surface area contributed by atoms with Gasteiger partial charge in [0.1, 0.15) is 11.9 Å². The second kappa shape index (κ2) is 11.2. The first kappa shape index (κ1) is 25.1. The van der Waals surface area contributed by atoms with E-state index in [4.69, 9.17) is 0 Å². The minimum absolute atomic E-state index is 0.131. The Kier molecular flexibility index (Phi) is 7.80. The van der Waals surface area contributed by atoms with Gasteiger partial charge in [-0.05, 0) is 64.7 Å². The molecule has 7 nitrogen and oxygen atoms in total. The summed E-state index contributed by atoms with van der Waals surface area (Å²) in [6, 6.07) is 11.2. The number of aliphatic carboxylic acids is 1. The molecule has 2 aromatic carbocycles. The summed E-state index contributed by atoms with van der Waals surface area (Å²) in [4.78, 5) is 33.1. The molecule has 9 heteroatoms. The lowest BCUT2D eigenvalue weighted by atomic mass is 9.98. The smallest absolute Gasteiger partial charge is 0.326 e. The molecule has 0 spiro atoms. The summed E-state index contributed by atoms with van der Waals surface area (Å²) in [6.07, 6.45) is 4.04. The number of hydrogen-bond donors (Lipinski definition) is 4. The third kappa shape index (κ3) is 5.98. The number of carbonyl (C=O) groups excluding carboxylic acids is 1. The Labute approximate surface area is 212 Å². The lowest BCUT2D eigenvalue weighted by Gasteiger charge is -2.17. The topological polar surface area (TPSA) is 107 Å². The zero-order valence-corrected chi connectivity index (χ0v) is 20.8. The Morgan fingerprint density at radius 3 is 2.61 bits per heavy atom. The number of nitrogens with zero attached hydrogens (tertiary/aromatic N) is 1. The molecule has 0 radical (unpaired) electrons. The number of aromatic amines is 1. The van der Waals surface area contributed by atoms with Crippen molar-refractivity contribution < 1.29 is 19.1 Å². The van der Waals surface area contributed by atoms with Gasteiger partial charge in [-0.2, -0.15) is 0 Å². The summed E-state index contributed by atoms with van der Waals surface area (Å²) in [6.45, 7) is 4.12. The van der Waals surface area contributed by atoms with E-state index in [1.54, 1.807) is 30.7 Å². The number of carboxylic acid groups (broad SMARTS) is 1. The van der Waals surface area contributed by atoms with Crippen LogP contribution < -0.4 is 10.6 Å². The Balaban J connectivity index is 1.42. The van der Waals surface area contributed by atoms with E-state index in [-0.39, 0.29) is 6.42 Å². The molecule has 2 aromatic heterocycles. The molecule has 36 heavy (non-hydrogen) atoms. The van der Waals surface area contributed by atoms with Gasteiger partial charge < -0.3 is 20.7 Å². The Morgan fingerprint density at radius 1 is 1.17 bits per heavy atom. The first-order valence-electron chi connectivity index (χ1n) is 11.6. The molecule has 0 bridgehead atoms. The van der Waals surface area contributed by atoms with Crippen LogP contribution in [0.4, 0.5) is 10.3 Å². The number of aromatic nitrogens is 2. The van der Waals surface area contributed by atoms with Gasteiger partial charge in [-0.25, -0.2) is 14.2 Å². The van der Waals surface area contributed by atoms with Crippen LogP contribution in [0.25, 0.3) is 10.4 Å². The van der Waals surface area contributed by atoms with Gasteiger partial charge in [0.15, 0.2) is 5.95 Å². The van der Waals surface area contributed by atoms with E-state index < -0.39 is 23.7 Å². The summed E-state index contributed by atoms with van der Waals surface area (Å²) in [5.41, 5.74) is 4.30. The van der Waals surface area contributed by atoms with Crippen molar-refractivity contribution in [1.82, 2.24) is 15.3 Å². The minimum atomic E-state index is -1.13. The standard InChI is InChI=1S/C27H27FN4O3S/c1-3-19-13-21(28)10-16(2)24(19)25(33)32-22(26(34)35)11-17-4-6-20(7-5-17)23-12-18(15-36-23)14-31-27-29-8-9-30-27/h4-10,12-13,15,22H,3,11,14H2,1-2H3,(H,32,33)(H,34,35)(H2,29,30,31). The summed E-state index contributed by atoms with van der Waals surface area (Å²) in [5.74, 6) is -1.34. The Bertz CT molecular complexity index is 1350. The summed E-state index contributed by atoms with van der Waals surface area (Å²) >= 11 is 1.63. The van der Waals surface area contributed by atoms with Crippen LogP contribution in [0.3, 0.4) is 0 Å². The number of anilines is 1. The highest BCUT2D eigenvalue weighted by Crippen LogP contribution is 2.28. The molecule has 4 rings (SSSR count). The second-order valence-electron chi connectivity index (χ2n) is 8.49. The normalized spacial score (nSPS) is 11.8. The van der Waals surface area contributed by atoms with Crippen molar-refractivity contribution in [3.63, 3.8) is 0 Å². The first-order valence-corrected chi connectivity index (χ1v) is 12.4. The number of nitrogens with one attached hydrogen (secondary N) is 3. The summed E-state index contributed by atoms with van der Waals surface area (Å²) in [5, 5.41) is 17.7. The highest BCUT2D eigenvalue weighted by molar-refractivity contribution is 7.13. The van der Waals surface area contributed by atoms with Crippen LogP contribution in [0, 0.1) is 12.7 Å². The molecule has 186 valence electrons. The number of thiophene rings is 1. The SMILES string of the molecule is CCc1cc(F)cc(C)c1C(=O)NC(Cc1ccc(-c2cc(CNc3ncc[nH]3)cs2)cc1)C(=O)O. The average Bonchev–Trinajstić information content (AvgIpc) is 3.54. The minimum Gasteiger partial charge on any atom is -0.480 e. The van der Waals surface area contributed by atoms with Crippen molar-refractivity contribution in [3.05, 3.63) is 93.9 Å². The summed E-state index contributed by atoms with van der Waals surface area (Å²) < 4.78 is 13.8. The van der Waals surface area contributed by atoms with E-state index in [0.717, 1.165) is 21.6 Å². The molecular formula is C27H27FN4O3S. The highest BCUT2D eigenvalue weighted by Gasteiger charge is 2.24. The third-order valence-corrected chi connectivity index (χ3v) is 6.91. The maximum atomic E-state index is 13.8. The predicted octanol–water partition coefficient (Wildman–Crippen LogP) is 5.19. The number of hydrogen-bond acceptors (Lipinski definition) is 5. The fourth-order valence-corrected chi connectivity index (χ4v) is 4.98. The number of H-pyrrole nitrogens is 1. The Morgan fingerprint density at radius 2 is 1.94 bits per heavy atom. The third-order valence-electron chi connectivity index (χ3n) is 5.88. The molecule has 0 aliphatic heterocycles. The average molecular weight is 507 g/mol. The van der Waals surface area contributed by atoms with Crippen LogP contribution in [-0.2, 0) is 24.2 Å². The van der Waals surface area contributed by atoms with E-state index in [1.165, 1.54) is 12.1 Å². The van der Waals surface area contributed by atoms with Gasteiger partial charge in [-0.1, -0.05) is 31.2 Å². The second-order valence-corrected chi connectivity index (χ2v) is 9.40. The van der Waals surface area contributed by atoms with Crippen molar-refractivity contribution in [2.24, 2.45) is 0 Å². The van der Waals surface area contributed by atoms with Gasteiger partial charge in [0.25, 0.3) is 5.91 Å². The van der Waals surface area contributed by atoms with E-state index in [9.17, 15) is 19.1 Å². The highest BCUT2D eigenvalue weighted by atomic mass is 32.1. The number of imidazole rings is 1. The zero-order chi connectivity index (χ0) is 25.7. The van der Waals surface area contributed by atoms with Gasteiger partial charge in [0, 0.05) is 35.8 Å².